The molecule has 2 aromatic rings. The number of rotatable bonds is 6. The Morgan fingerprint density at radius 3 is 2.81 bits per heavy atom. The van der Waals surface area contributed by atoms with Gasteiger partial charge in [-0.1, -0.05) is 30.3 Å². The zero-order valence-corrected chi connectivity index (χ0v) is 15.2. The monoisotopic (exact) mass is 362 g/mol. The minimum Gasteiger partial charge on any atom is -0.454 e. The lowest BCUT2D eigenvalue weighted by Gasteiger charge is -2.21. The summed E-state index contributed by atoms with van der Waals surface area (Å²) in [7, 11) is 0. The number of fused-ring (bicyclic) bond motifs is 1. The Kier molecular flexibility index (Phi) is 5.27. The molecule has 5 nitrogen and oxygen atoms in total. The van der Waals surface area contributed by atoms with E-state index in [1.54, 1.807) is 0 Å². The zero-order valence-electron chi connectivity index (χ0n) is 15.2. The lowest BCUT2D eigenvalue weighted by Crippen LogP contribution is -2.23. The molecule has 0 N–H and O–H groups in total. The molecule has 0 atom stereocenters. The highest BCUT2D eigenvalue weighted by molar-refractivity contribution is 5.80. The normalized spacial score (nSPS) is 17.1. The Labute approximate surface area is 159 Å². The molecule has 0 aliphatic carbocycles. The minimum atomic E-state index is 0.238. The summed E-state index contributed by atoms with van der Waals surface area (Å²) < 4.78 is 16.6. The van der Waals surface area contributed by atoms with Crippen LogP contribution >= 0.6 is 0 Å². The van der Waals surface area contributed by atoms with E-state index in [0.717, 1.165) is 42.9 Å². The number of hydrogen-bond donors (Lipinski definition) is 0. The van der Waals surface area contributed by atoms with E-state index in [1.165, 1.54) is 5.56 Å². The quantitative estimate of drug-likeness (QED) is 0.575. The van der Waals surface area contributed by atoms with Gasteiger partial charge < -0.3 is 19.1 Å². The van der Waals surface area contributed by atoms with Crippen molar-refractivity contribution in [1.82, 2.24) is 4.90 Å². The molecule has 0 amide bonds. The van der Waals surface area contributed by atoms with Gasteiger partial charge in [0.25, 0.3) is 0 Å². The smallest absolute Gasteiger partial charge is 0.231 e. The van der Waals surface area contributed by atoms with Crippen LogP contribution in [0.15, 0.2) is 54.2 Å². The van der Waals surface area contributed by atoms with Crippen LogP contribution in [0.5, 0.6) is 11.5 Å². The molecule has 138 valence electrons. The summed E-state index contributed by atoms with van der Waals surface area (Å²) in [6.45, 7) is 3.24. The van der Waals surface area contributed by atoms with Crippen molar-refractivity contribution in [3.8, 4) is 17.6 Å². The Hall–Kier alpha value is -2.97. The van der Waals surface area contributed by atoms with E-state index in [0.29, 0.717) is 24.5 Å². The van der Waals surface area contributed by atoms with E-state index in [4.69, 9.17) is 14.2 Å². The summed E-state index contributed by atoms with van der Waals surface area (Å²) in [6.07, 6.45) is 1.97. The average molecular weight is 362 g/mol. The first-order chi connectivity index (χ1) is 13.3. The molecule has 2 aromatic carbocycles. The van der Waals surface area contributed by atoms with Crippen molar-refractivity contribution in [3.63, 3.8) is 0 Å². The fraction of sp³-hybridized carbons (Fsp3) is 0.318. The van der Waals surface area contributed by atoms with Crippen molar-refractivity contribution >= 4 is 5.57 Å². The second-order valence-corrected chi connectivity index (χ2v) is 6.63. The summed E-state index contributed by atoms with van der Waals surface area (Å²) in [5.41, 5.74) is 3.87. The highest BCUT2D eigenvalue weighted by Crippen LogP contribution is 2.36. The maximum atomic E-state index is 9.79. The van der Waals surface area contributed by atoms with Gasteiger partial charge in [-0.05, 0) is 42.2 Å². The van der Waals surface area contributed by atoms with Gasteiger partial charge in [0, 0.05) is 18.8 Å². The van der Waals surface area contributed by atoms with Gasteiger partial charge in [-0.15, -0.1) is 0 Å². The van der Waals surface area contributed by atoms with Crippen molar-refractivity contribution in [2.45, 2.75) is 19.4 Å². The number of nitriles is 1. The van der Waals surface area contributed by atoms with Crippen molar-refractivity contribution in [2.75, 3.05) is 26.5 Å². The average Bonchev–Trinajstić information content (AvgIpc) is 3.36. The van der Waals surface area contributed by atoms with Crippen LogP contribution in [0.1, 0.15) is 24.0 Å². The van der Waals surface area contributed by atoms with Gasteiger partial charge in [0.15, 0.2) is 11.5 Å². The number of allylic oxidation sites excluding steroid dienone is 2. The van der Waals surface area contributed by atoms with Crippen molar-refractivity contribution < 1.29 is 14.2 Å². The summed E-state index contributed by atoms with van der Waals surface area (Å²) in [6, 6.07) is 18.3. The SMILES string of the molecule is N#C/C(=C1\CCCN1CCOCc1ccccc1)c1ccc2c(c1)OCO2. The Bertz CT molecular complexity index is 871. The molecule has 2 aliphatic rings. The molecule has 1 fully saturated rings. The predicted octanol–water partition coefficient (Wildman–Crippen LogP) is 3.96. The molecule has 1 saturated heterocycles. The largest absolute Gasteiger partial charge is 0.454 e. The van der Waals surface area contributed by atoms with Gasteiger partial charge in [0.05, 0.1) is 18.8 Å². The van der Waals surface area contributed by atoms with E-state index < -0.39 is 0 Å². The summed E-state index contributed by atoms with van der Waals surface area (Å²) >= 11 is 0. The number of ether oxygens (including phenoxy) is 3. The van der Waals surface area contributed by atoms with Gasteiger partial charge >= 0.3 is 0 Å². The van der Waals surface area contributed by atoms with Crippen LogP contribution in [0.25, 0.3) is 5.57 Å². The van der Waals surface area contributed by atoms with E-state index in [1.807, 2.05) is 36.4 Å². The second-order valence-electron chi connectivity index (χ2n) is 6.63. The van der Waals surface area contributed by atoms with E-state index in [-0.39, 0.29) is 6.79 Å². The third-order valence-electron chi connectivity index (χ3n) is 4.90. The molecular formula is C22H22N2O3. The Balaban J connectivity index is 1.43. The van der Waals surface area contributed by atoms with Crippen molar-refractivity contribution in [2.24, 2.45) is 0 Å². The van der Waals surface area contributed by atoms with E-state index in [9.17, 15) is 5.26 Å². The van der Waals surface area contributed by atoms with Gasteiger partial charge in [0.2, 0.25) is 6.79 Å². The van der Waals surface area contributed by atoms with Crippen LogP contribution in [0.3, 0.4) is 0 Å². The minimum absolute atomic E-state index is 0.238. The van der Waals surface area contributed by atoms with Gasteiger partial charge in [0.1, 0.15) is 6.07 Å². The van der Waals surface area contributed by atoms with Crippen LogP contribution in [-0.2, 0) is 11.3 Å². The molecular weight excluding hydrogens is 340 g/mol. The predicted molar refractivity (Wildman–Crippen MR) is 102 cm³/mol. The first-order valence-corrected chi connectivity index (χ1v) is 9.25. The molecule has 2 aliphatic heterocycles. The number of likely N-dealkylation sites (tertiary alicyclic amines) is 1. The molecule has 4 rings (SSSR count). The Morgan fingerprint density at radius 1 is 1.11 bits per heavy atom. The van der Waals surface area contributed by atoms with Gasteiger partial charge in [-0.2, -0.15) is 5.26 Å². The second kappa shape index (κ2) is 8.15. The molecule has 0 aromatic heterocycles. The van der Waals surface area contributed by atoms with Crippen LogP contribution in [-0.4, -0.2) is 31.4 Å². The molecule has 27 heavy (non-hydrogen) atoms. The first-order valence-electron chi connectivity index (χ1n) is 9.25. The highest BCUT2D eigenvalue weighted by Gasteiger charge is 2.23. The van der Waals surface area contributed by atoms with E-state index in [2.05, 4.69) is 23.1 Å². The van der Waals surface area contributed by atoms with Crippen LogP contribution in [0.4, 0.5) is 0 Å². The van der Waals surface area contributed by atoms with Crippen LogP contribution < -0.4 is 9.47 Å². The maximum Gasteiger partial charge on any atom is 0.231 e. The molecule has 0 spiro atoms. The third kappa shape index (κ3) is 3.91. The van der Waals surface area contributed by atoms with Crippen LogP contribution in [0, 0.1) is 11.3 Å². The zero-order chi connectivity index (χ0) is 18.5. The molecule has 0 unspecified atom stereocenters. The number of benzene rings is 2. The lowest BCUT2D eigenvalue weighted by atomic mass is 10.0. The summed E-state index contributed by atoms with van der Waals surface area (Å²) in [5.74, 6) is 1.44. The molecule has 0 saturated carbocycles. The maximum absolute atomic E-state index is 9.79. The van der Waals surface area contributed by atoms with Gasteiger partial charge in [-0.3, -0.25) is 0 Å². The standard InChI is InChI=1S/C22H22N2O3/c23-14-19(18-8-9-21-22(13-18)27-16-26-21)20-7-4-10-24(20)11-12-25-15-17-5-2-1-3-6-17/h1-3,5-6,8-9,13H,4,7,10-12,15-16H2/b20-19-. The fourth-order valence-corrected chi connectivity index (χ4v) is 3.55. The number of hydrogen-bond acceptors (Lipinski definition) is 5. The van der Waals surface area contributed by atoms with E-state index >= 15 is 0 Å². The first kappa shape index (κ1) is 17.4. The van der Waals surface area contributed by atoms with Crippen molar-refractivity contribution in [1.29, 1.82) is 5.26 Å². The summed E-state index contributed by atoms with van der Waals surface area (Å²) in [5, 5.41) is 9.79. The molecule has 5 heteroatoms. The third-order valence-corrected chi connectivity index (χ3v) is 4.90. The van der Waals surface area contributed by atoms with Crippen LogP contribution in [0.2, 0.25) is 0 Å². The number of nitrogens with zero attached hydrogens (tertiary/aromatic N) is 2. The highest BCUT2D eigenvalue weighted by atomic mass is 16.7. The van der Waals surface area contributed by atoms with Crippen molar-refractivity contribution in [3.05, 3.63) is 65.4 Å². The molecule has 0 radical (unpaired) electrons. The molecule has 2 heterocycles. The topological polar surface area (TPSA) is 54.7 Å². The Morgan fingerprint density at radius 2 is 1.96 bits per heavy atom. The summed E-state index contributed by atoms with van der Waals surface area (Å²) in [4.78, 5) is 2.27. The van der Waals surface area contributed by atoms with Gasteiger partial charge in [-0.25, -0.2) is 0 Å². The molecule has 0 bridgehead atoms. The fourth-order valence-electron chi connectivity index (χ4n) is 3.55. The lowest BCUT2D eigenvalue weighted by molar-refractivity contribution is 0.105.